The van der Waals surface area contributed by atoms with Gasteiger partial charge in [0.15, 0.2) is 5.69 Å². The molecular formula is C21H24N2O3. The number of aliphatic hydroxyl groups excluding tert-OH is 1. The zero-order valence-electron chi connectivity index (χ0n) is 15.4. The number of ether oxygens (including phenoxy) is 1. The van der Waals surface area contributed by atoms with Crippen LogP contribution in [-0.4, -0.2) is 34.0 Å². The monoisotopic (exact) mass is 352 g/mol. The van der Waals surface area contributed by atoms with Crippen LogP contribution < -0.4 is 0 Å². The van der Waals surface area contributed by atoms with E-state index in [4.69, 9.17) is 4.74 Å². The van der Waals surface area contributed by atoms with E-state index in [1.807, 2.05) is 30.3 Å². The van der Waals surface area contributed by atoms with Gasteiger partial charge in [0.25, 0.3) is 0 Å². The summed E-state index contributed by atoms with van der Waals surface area (Å²) in [5.74, 6) is 5.61. The van der Waals surface area contributed by atoms with Gasteiger partial charge in [-0.1, -0.05) is 50.1 Å². The van der Waals surface area contributed by atoms with Crippen molar-refractivity contribution in [3.05, 3.63) is 58.9 Å². The first kappa shape index (κ1) is 19.6. The van der Waals surface area contributed by atoms with E-state index < -0.39 is 12.1 Å². The maximum absolute atomic E-state index is 11.9. The Bertz CT molecular complexity index is 792. The molecule has 0 aliphatic carbocycles. The molecule has 0 spiro atoms. The largest absolute Gasteiger partial charge is 0.461 e. The fourth-order valence-corrected chi connectivity index (χ4v) is 2.48. The molecule has 0 aliphatic rings. The first-order valence-electron chi connectivity index (χ1n) is 8.76. The van der Waals surface area contributed by atoms with E-state index in [2.05, 4.69) is 35.9 Å². The fourth-order valence-electron chi connectivity index (χ4n) is 2.48. The molecule has 5 heteroatoms. The van der Waals surface area contributed by atoms with E-state index in [1.165, 1.54) is 0 Å². The molecule has 1 N–H and O–H groups in total. The summed E-state index contributed by atoms with van der Waals surface area (Å²) in [7, 11) is 0. The summed E-state index contributed by atoms with van der Waals surface area (Å²) >= 11 is 0. The number of rotatable bonds is 6. The first-order valence-corrected chi connectivity index (χ1v) is 8.76. The number of carbonyl (C=O) groups excluding carboxylic acids is 1. The molecule has 1 aromatic carbocycles. The number of hydrogen-bond acceptors (Lipinski definition) is 5. The number of nitrogens with zero attached hydrogens (tertiary/aromatic N) is 2. The van der Waals surface area contributed by atoms with Gasteiger partial charge in [-0.3, -0.25) is 0 Å². The van der Waals surface area contributed by atoms with Crippen molar-refractivity contribution in [2.45, 2.75) is 39.7 Å². The lowest BCUT2D eigenvalue weighted by Crippen LogP contribution is -2.12. The lowest BCUT2D eigenvalue weighted by Gasteiger charge is -2.08. The zero-order valence-corrected chi connectivity index (χ0v) is 15.4. The van der Waals surface area contributed by atoms with Gasteiger partial charge in [-0.2, -0.15) is 0 Å². The molecule has 1 aromatic heterocycles. The van der Waals surface area contributed by atoms with Crippen molar-refractivity contribution in [2.24, 2.45) is 5.92 Å². The summed E-state index contributed by atoms with van der Waals surface area (Å²) in [4.78, 5) is 11.9. The van der Waals surface area contributed by atoms with Gasteiger partial charge in [0, 0.05) is 6.42 Å². The average molecular weight is 352 g/mol. The minimum atomic E-state index is -0.796. The second-order valence-electron chi connectivity index (χ2n) is 6.40. The minimum Gasteiger partial charge on any atom is -0.461 e. The van der Waals surface area contributed by atoms with E-state index >= 15 is 0 Å². The molecule has 0 saturated carbocycles. The third-order valence-electron chi connectivity index (χ3n) is 3.61. The van der Waals surface area contributed by atoms with Crippen LogP contribution in [0.4, 0.5) is 0 Å². The second kappa shape index (κ2) is 9.69. The molecule has 0 fully saturated rings. The summed E-state index contributed by atoms with van der Waals surface area (Å²) in [6.45, 7) is 6.18. The molecule has 26 heavy (non-hydrogen) atoms. The van der Waals surface area contributed by atoms with Gasteiger partial charge in [0.2, 0.25) is 0 Å². The SMILES string of the molecule is CCOC(=O)c1cc(CC(C)C)c(C#CC(O)Cc2ccccc2)nn1. The van der Waals surface area contributed by atoms with E-state index in [-0.39, 0.29) is 12.3 Å². The maximum Gasteiger partial charge on any atom is 0.358 e. The number of aliphatic hydroxyl groups is 1. The third kappa shape index (κ3) is 5.98. The smallest absolute Gasteiger partial charge is 0.358 e. The molecule has 0 radical (unpaired) electrons. The van der Waals surface area contributed by atoms with Crippen LogP contribution in [0.25, 0.3) is 0 Å². The standard InChI is InChI=1S/C21H24N2O3/c1-4-26-21(25)20-14-17(12-15(2)3)19(22-23-20)11-10-18(24)13-16-8-6-5-7-9-16/h5-9,14-15,18,24H,4,12-13H2,1-3H3. The van der Waals surface area contributed by atoms with Gasteiger partial charge >= 0.3 is 5.97 Å². The highest BCUT2D eigenvalue weighted by Crippen LogP contribution is 2.13. The Kier molecular flexibility index (Phi) is 7.31. The molecular weight excluding hydrogens is 328 g/mol. The van der Waals surface area contributed by atoms with Gasteiger partial charge in [-0.05, 0) is 42.4 Å². The predicted molar refractivity (Wildman–Crippen MR) is 99.6 cm³/mol. The van der Waals surface area contributed by atoms with Crippen LogP contribution in [0, 0.1) is 17.8 Å². The zero-order chi connectivity index (χ0) is 18.9. The topological polar surface area (TPSA) is 72.3 Å². The van der Waals surface area contributed by atoms with Gasteiger partial charge < -0.3 is 9.84 Å². The molecule has 136 valence electrons. The molecule has 0 aliphatic heterocycles. The highest BCUT2D eigenvalue weighted by molar-refractivity contribution is 5.87. The van der Waals surface area contributed by atoms with Crippen molar-refractivity contribution in [3.63, 3.8) is 0 Å². The van der Waals surface area contributed by atoms with E-state index in [0.717, 1.165) is 11.1 Å². The van der Waals surface area contributed by atoms with Crippen molar-refractivity contribution in [3.8, 4) is 11.8 Å². The molecule has 5 nitrogen and oxygen atoms in total. The average Bonchev–Trinajstić information content (AvgIpc) is 2.61. The van der Waals surface area contributed by atoms with Gasteiger partial charge in [-0.25, -0.2) is 4.79 Å². The molecule has 2 rings (SSSR count). The molecule has 0 amide bonds. The van der Waals surface area contributed by atoms with Crippen molar-refractivity contribution in [1.82, 2.24) is 10.2 Å². The predicted octanol–water partition coefficient (Wildman–Crippen LogP) is 2.81. The molecule has 1 atom stereocenters. The fraction of sp³-hybridized carbons (Fsp3) is 0.381. The number of hydrogen-bond donors (Lipinski definition) is 1. The van der Waals surface area contributed by atoms with E-state index in [1.54, 1.807) is 13.0 Å². The summed E-state index contributed by atoms with van der Waals surface area (Å²) in [5, 5.41) is 18.2. The lowest BCUT2D eigenvalue weighted by molar-refractivity contribution is 0.0518. The number of carbonyl (C=O) groups is 1. The summed E-state index contributed by atoms with van der Waals surface area (Å²) in [5.41, 5.74) is 2.51. The van der Waals surface area contributed by atoms with E-state index in [9.17, 15) is 9.90 Å². The second-order valence-corrected chi connectivity index (χ2v) is 6.40. The third-order valence-corrected chi connectivity index (χ3v) is 3.61. The lowest BCUT2D eigenvalue weighted by atomic mass is 10.0. The van der Waals surface area contributed by atoms with Crippen molar-refractivity contribution >= 4 is 5.97 Å². The Hall–Kier alpha value is -2.71. The van der Waals surface area contributed by atoms with Crippen molar-refractivity contribution in [1.29, 1.82) is 0 Å². The molecule has 1 heterocycles. The Balaban J connectivity index is 2.21. The van der Waals surface area contributed by atoms with Gasteiger partial charge in [-0.15, -0.1) is 10.2 Å². The van der Waals surface area contributed by atoms with Crippen molar-refractivity contribution in [2.75, 3.05) is 6.61 Å². The van der Waals surface area contributed by atoms with Crippen LogP contribution >= 0.6 is 0 Å². The van der Waals surface area contributed by atoms with Crippen LogP contribution in [0.3, 0.4) is 0 Å². The highest BCUT2D eigenvalue weighted by atomic mass is 16.5. The van der Waals surface area contributed by atoms with Crippen LogP contribution in [0.15, 0.2) is 36.4 Å². The minimum absolute atomic E-state index is 0.179. The quantitative estimate of drug-likeness (QED) is 0.639. The van der Waals surface area contributed by atoms with Crippen LogP contribution in [0.2, 0.25) is 0 Å². The number of esters is 1. The van der Waals surface area contributed by atoms with Gasteiger partial charge in [0.05, 0.1) is 6.61 Å². The molecule has 1 unspecified atom stereocenters. The Morgan fingerprint density at radius 3 is 2.58 bits per heavy atom. The number of benzene rings is 1. The highest BCUT2D eigenvalue weighted by Gasteiger charge is 2.14. The normalized spacial score (nSPS) is 11.6. The number of aromatic nitrogens is 2. The summed E-state index contributed by atoms with van der Waals surface area (Å²) in [6, 6.07) is 11.4. The van der Waals surface area contributed by atoms with Crippen molar-refractivity contribution < 1.29 is 14.6 Å². The van der Waals surface area contributed by atoms with Gasteiger partial charge in [0.1, 0.15) is 11.8 Å². The summed E-state index contributed by atoms with van der Waals surface area (Å²) in [6.07, 6.45) is 0.360. The Morgan fingerprint density at radius 1 is 1.19 bits per heavy atom. The maximum atomic E-state index is 11.9. The van der Waals surface area contributed by atoms with Crippen LogP contribution in [-0.2, 0) is 17.6 Å². The Labute approximate surface area is 154 Å². The van der Waals surface area contributed by atoms with Crippen LogP contribution in [0.1, 0.15) is 48.1 Å². The molecule has 0 bridgehead atoms. The first-order chi connectivity index (χ1) is 12.5. The van der Waals surface area contributed by atoms with Crippen LogP contribution in [0.5, 0.6) is 0 Å². The molecule has 2 aromatic rings. The molecule has 0 saturated heterocycles. The Morgan fingerprint density at radius 2 is 1.92 bits per heavy atom. The van der Waals surface area contributed by atoms with E-state index in [0.29, 0.717) is 24.5 Å². The summed E-state index contributed by atoms with van der Waals surface area (Å²) < 4.78 is 4.97.